The molecule has 2 rings (SSSR count). The zero-order chi connectivity index (χ0) is 21.7. The van der Waals surface area contributed by atoms with E-state index in [1.807, 2.05) is 39.8 Å². The summed E-state index contributed by atoms with van der Waals surface area (Å²) in [7, 11) is -0.647. The maximum atomic E-state index is 11.0. The van der Waals surface area contributed by atoms with Crippen LogP contribution in [0.2, 0.25) is 0 Å². The normalized spacial score (nSPS) is 20.0. The molecule has 1 heterocycles. The fourth-order valence-electron chi connectivity index (χ4n) is 3.15. The average Bonchev–Trinajstić information content (AvgIpc) is 2.71. The van der Waals surface area contributed by atoms with E-state index in [4.69, 9.17) is 9.31 Å². The highest BCUT2D eigenvalue weighted by Gasteiger charge is 2.52. The maximum absolute atomic E-state index is 11.0. The predicted octanol–water partition coefficient (Wildman–Crippen LogP) is 4.99. The summed E-state index contributed by atoms with van der Waals surface area (Å²) in [5.41, 5.74) is 2.04. The standard InChI is InChI=1S/C23H37BO4/c1-20(2,3)16-11-15(19(26)18(13-16)21(4,5)6)12-17(14-25)24-27-22(7,8)23(9,10)28-24/h11-13,25-26H,14H2,1-10H3. The molecule has 0 unspecified atom stereocenters. The van der Waals surface area contributed by atoms with Crippen molar-refractivity contribution in [2.75, 3.05) is 6.61 Å². The summed E-state index contributed by atoms with van der Waals surface area (Å²) in [6.45, 7) is 20.4. The minimum absolute atomic E-state index is 0.0694. The summed E-state index contributed by atoms with van der Waals surface area (Å²) < 4.78 is 12.2. The van der Waals surface area contributed by atoms with Crippen molar-refractivity contribution in [2.45, 2.75) is 91.3 Å². The Balaban J connectivity index is 2.59. The fourth-order valence-corrected chi connectivity index (χ4v) is 3.15. The molecule has 28 heavy (non-hydrogen) atoms. The Morgan fingerprint density at radius 3 is 1.86 bits per heavy atom. The number of phenols is 1. The highest BCUT2D eigenvalue weighted by molar-refractivity contribution is 6.55. The molecule has 0 saturated carbocycles. The van der Waals surface area contributed by atoms with Crippen molar-refractivity contribution in [3.63, 3.8) is 0 Å². The number of benzene rings is 1. The van der Waals surface area contributed by atoms with Crippen molar-refractivity contribution in [2.24, 2.45) is 0 Å². The third-order valence-corrected chi connectivity index (χ3v) is 5.89. The first-order valence-electron chi connectivity index (χ1n) is 10.0. The van der Waals surface area contributed by atoms with Crippen LogP contribution in [0.15, 0.2) is 17.6 Å². The molecule has 156 valence electrons. The van der Waals surface area contributed by atoms with E-state index in [1.165, 1.54) is 0 Å². The van der Waals surface area contributed by atoms with E-state index < -0.39 is 18.3 Å². The van der Waals surface area contributed by atoms with Crippen molar-refractivity contribution in [1.29, 1.82) is 0 Å². The predicted molar refractivity (Wildman–Crippen MR) is 117 cm³/mol. The lowest BCUT2D eigenvalue weighted by atomic mass is 9.75. The van der Waals surface area contributed by atoms with Gasteiger partial charge in [0.15, 0.2) is 0 Å². The van der Waals surface area contributed by atoms with Gasteiger partial charge < -0.3 is 19.5 Å². The van der Waals surface area contributed by atoms with Gasteiger partial charge in [-0.2, -0.15) is 0 Å². The van der Waals surface area contributed by atoms with Crippen LogP contribution in [0, 0.1) is 0 Å². The van der Waals surface area contributed by atoms with E-state index in [9.17, 15) is 10.2 Å². The summed E-state index contributed by atoms with van der Waals surface area (Å²) in [6.07, 6.45) is 1.81. The van der Waals surface area contributed by atoms with Gasteiger partial charge in [-0.1, -0.05) is 53.7 Å². The number of hydrogen-bond acceptors (Lipinski definition) is 4. The Kier molecular flexibility index (Phi) is 5.90. The maximum Gasteiger partial charge on any atom is 0.492 e. The van der Waals surface area contributed by atoms with Gasteiger partial charge in [-0.3, -0.25) is 0 Å². The van der Waals surface area contributed by atoms with E-state index in [0.29, 0.717) is 11.0 Å². The van der Waals surface area contributed by atoms with Crippen molar-refractivity contribution in [3.05, 3.63) is 34.3 Å². The SMILES string of the molecule is CC(C)(C)c1cc(C=C(CO)B2OC(C)(C)C(C)(C)O2)c(O)c(C(C)(C)C)c1. The number of hydrogen-bond donors (Lipinski definition) is 2. The molecule has 1 fully saturated rings. The zero-order valence-corrected chi connectivity index (χ0v) is 19.2. The van der Waals surface area contributed by atoms with E-state index in [1.54, 1.807) is 0 Å². The average molecular weight is 388 g/mol. The second-order valence-corrected chi connectivity index (χ2v) is 10.9. The number of aromatic hydroxyl groups is 1. The smallest absolute Gasteiger partial charge is 0.492 e. The molecule has 0 amide bonds. The second-order valence-electron chi connectivity index (χ2n) is 10.9. The molecule has 4 nitrogen and oxygen atoms in total. The molecule has 0 spiro atoms. The van der Waals surface area contributed by atoms with Gasteiger partial charge in [-0.15, -0.1) is 0 Å². The Labute approximate surface area is 171 Å². The van der Waals surface area contributed by atoms with Crippen molar-refractivity contribution >= 4 is 13.2 Å². The minimum atomic E-state index is -0.647. The van der Waals surface area contributed by atoms with Crippen LogP contribution in [0.5, 0.6) is 5.75 Å². The van der Waals surface area contributed by atoms with Crippen LogP contribution in [-0.4, -0.2) is 35.1 Å². The van der Waals surface area contributed by atoms with E-state index in [-0.39, 0.29) is 23.2 Å². The largest absolute Gasteiger partial charge is 0.507 e. The van der Waals surface area contributed by atoms with Gasteiger partial charge in [0.1, 0.15) is 5.75 Å². The van der Waals surface area contributed by atoms with Crippen LogP contribution >= 0.6 is 0 Å². The summed E-state index contributed by atoms with van der Waals surface area (Å²) in [6, 6.07) is 4.07. The summed E-state index contributed by atoms with van der Waals surface area (Å²) in [5.74, 6) is 0.239. The van der Waals surface area contributed by atoms with Gasteiger partial charge in [0.2, 0.25) is 0 Å². The van der Waals surface area contributed by atoms with E-state index in [2.05, 4.69) is 47.6 Å². The number of rotatable bonds is 3. The number of aliphatic hydroxyl groups excluding tert-OH is 1. The quantitative estimate of drug-likeness (QED) is 0.716. The zero-order valence-electron chi connectivity index (χ0n) is 19.2. The Bertz CT molecular complexity index is 748. The lowest BCUT2D eigenvalue weighted by molar-refractivity contribution is 0.00578. The third kappa shape index (κ3) is 4.47. The van der Waals surface area contributed by atoms with Gasteiger partial charge in [-0.05, 0) is 55.6 Å². The number of phenolic OH excluding ortho intramolecular Hbond substituents is 1. The molecule has 2 N–H and O–H groups in total. The lowest BCUT2D eigenvalue weighted by Gasteiger charge is -2.32. The molecule has 0 atom stereocenters. The van der Waals surface area contributed by atoms with Gasteiger partial charge in [0, 0.05) is 11.1 Å². The Morgan fingerprint density at radius 2 is 1.46 bits per heavy atom. The van der Waals surface area contributed by atoms with Gasteiger partial charge in [0.05, 0.1) is 17.8 Å². The Hall–Kier alpha value is -1.30. The first-order valence-corrected chi connectivity index (χ1v) is 10.0. The van der Waals surface area contributed by atoms with Gasteiger partial charge in [-0.25, -0.2) is 0 Å². The molecular weight excluding hydrogens is 351 g/mol. The van der Waals surface area contributed by atoms with Gasteiger partial charge in [0.25, 0.3) is 0 Å². The highest BCUT2D eigenvalue weighted by atomic mass is 16.7. The first-order chi connectivity index (χ1) is 12.5. The number of aliphatic hydroxyl groups is 1. The molecule has 1 aliphatic heterocycles. The van der Waals surface area contributed by atoms with E-state index in [0.717, 1.165) is 11.1 Å². The van der Waals surface area contributed by atoms with Crippen LogP contribution in [0.3, 0.4) is 0 Å². The third-order valence-electron chi connectivity index (χ3n) is 5.89. The minimum Gasteiger partial charge on any atom is -0.507 e. The van der Waals surface area contributed by atoms with Crippen LogP contribution in [-0.2, 0) is 20.1 Å². The van der Waals surface area contributed by atoms with Crippen molar-refractivity contribution < 1.29 is 19.5 Å². The van der Waals surface area contributed by atoms with Crippen LogP contribution in [0.1, 0.15) is 85.9 Å². The molecule has 1 aromatic rings. The summed E-state index contributed by atoms with van der Waals surface area (Å²) in [5, 5.41) is 21.0. The van der Waals surface area contributed by atoms with Crippen molar-refractivity contribution in [3.8, 4) is 5.75 Å². The summed E-state index contributed by atoms with van der Waals surface area (Å²) >= 11 is 0. The van der Waals surface area contributed by atoms with Crippen LogP contribution in [0.4, 0.5) is 0 Å². The Morgan fingerprint density at radius 1 is 0.964 bits per heavy atom. The molecule has 0 aliphatic carbocycles. The molecular formula is C23H37BO4. The molecule has 1 aliphatic rings. The molecule has 0 bridgehead atoms. The lowest BCUT2D eigenvalue weighted by Crippen LogP contribution is -2.41. The molecule has 0 aromatic heterocycles. The second kappa shape index (κ2) is 7.19. The topological polar surface area (TPSA) is 58.9 Å². The molecule has 1 saturated heterocycles. The fraction of sp³-hybridized carbons (Fsp3) is 0.652. The summed E-state index contributed by atoms with van der Waals surface area (Å²) in [4.78, 5) is 0. The molecule has 5 heteroatoms. The molecule has 0 radical (unpaired) electrons. The van der Waals surface area contributed by atoms with Crippen LogP contribution in [0.25, 0.3) is 6.08 Å². The highest BCUT2D eigenvalue weighted by Crippen LogP contribution is 2.41. The first kappa shape index (κ1) is 23.0. The van der Waals surface area contributed by atoms with Crippen molar-refractivity contribution in [1.82, 2.24) is 0 Å². The van der Waals surface area contributed by atoms with E-state index >= 15 is 0 Å². The van der Waals surface area contributed by atoms with Crippen LogP contribution < -0.4 is 0 Å². The molecule has 1 aromatic carbocycles. The monoisotopic (exact) mass is 388 g/mol. The van der Waals surface area contributed by atoms with Gasteiger partial charge >= 0.3 is 7.12 Å².